The van der Waals surface area contributed by atoms with Gasteiger partial charge in [-0.05, 0) is 30.0 Å². The third-order valence-electron chi connectivity index (χ3n) is 5.61. The van der Waals surface area contributed by atoms with Gasteiger partial charge in [-0.15, -0.1) is 0 Å². The number of fused-ring (bicyclic) bond motifs is 1. The summed E-state index contributed by atoms with van der Waals surface area (Å²) in [4.78, 5) is 21.3. The monoisotopic (exact) mass is 428 g/mol. The van der Waals surface area contributed by atoms with Gasteiger partial charge in [0.2, 0.25) is 0 Å². The standard InChI is InChI=1S/C24H24N6O2/c1-32-9-8-30-14-18(12-28-30)15-2-4-16(5-3-15)21-13-27-23(25)22-20(21)10-17(11-26-22)24(31)29-19-6-7-19/h2-5,10-14,19H,6-9H2,1H3,(H2,25,27)(H,29,31). The number of nitrogens with one attached hydrogen (secondary N) is 1. The first-order valence-corrected chi connectivity index (χ1v) is 10.6. The predicted octanol–water partition coefficient (Wildman–Crippen LogP) is 3.28. The number of nitrogens with zero attached hydrogens (tertiary/aromatic N) is 4. The first kappa shape index (κ1) is 20.1. The van der Waals surface area contributed by atoms with E-state index in [-0.39, 0.29) is 11.9 Å². The van der Waals surface area contributed by atoms with E-state index in [1.165, 1.54) is 0 Å². The molecule has 8 heteroatoms. The van der Waals surface area contributed by atoms with Gasteiger partial charge in [-0.3, -0.25) is 14.5 Å². The molecule has 1 aliphatic carbocycles. The lowest BCUT2D eigenvalue weighted by molar-refractivity contribution is 0.0951. The summed E-state index contributed by atoms with van der Waals surface area (Å²) >= 11 is 0. The molecule has 3 N–H and O–H groups in total. The lowest BCUT2D eigenvalue weighted by Gasteiger charge is -2.10. The SMILES string of the molecule is COCCn1cc(-c2ccc(-c3cnc(N)c4ncc(C(=O)NC5CC5)cc34)cc2)cn1. The quantitative estimate of drug-likeness (QED) is 0.468. The molecule has 0 unspecified atom stereocenters. The maximum atomic E-state index is 12.5. The molecular weight excluding hydrogens is 404 g/mol. The summed E-state index contributed by atoms with van der Waals surface area (Å²) in [5, 5.41) is 8.19. The zero-order valence-electron chi connectivity index (χ0n) is 17.8. The van der Waals surface area contributed by atoms with Crippen LogP contribution in [-0.4, -0.2) is 45.4 Å². The predicted molar refractivity (Wildman–Crippen MR) is 123 cm³/mol. The van der Waals surface area contributed by atoms with Crippen molar-refractivity contribution in [1.29, 1.82) is 0 Å². The minimum atomic E-state index is -0.107. The van der Waals surface area contributed by atoms with Crippen molar-refractivity contribution in [2.24, 2.45) is 0 Å². The third kappa shape index (κ3) is 4.04. The van der Waals surface area contributed by atoms with Crippen molar-refractivity contribution < 1.29 is 9.53 Å². The van der Waals surface area contributed by atoms with Gasteiger partial charge < -0.3 is 15.8 Å². The van der Waals surface area contributed by atoms with Gasteiger partial charge in [-0.2, -0.15) is 5.10 Å². The molecule has 4 aromatic rings. The first-order valence-electron chi connectivity index (χ1n) is 10.6. The van der Waals surface area contributed by atoms with Crippen LogP contribution >= 0.6 is 0 Å². The Morgan fingerprint density at radius 2 is 1.91 bits per heavy atom. The van der Waals surface area contributed by atoms with Crippen LogP contribution in [0.5, 0.6) is 0 Å². The smallest absolute Gasteiger partial charge is 0.253 e. The number of ether oxygens (including phenoxy) is 1. The van der Waals surface area contributed by atoms with E-state index in [9.17, 15) is 4.79 Å². The minimum absolute atomic E-state index is 0.107. The maximum absolute atomic E-state index is 12.5. The van der Waals surface area contributed by atoms with E-state index in [1.54, 1.807) is 19.5 Å². The van der Waals surface area contributed by atoms with Gasteiger partial charge in [0.05, 0.1) is 24.9 Å². The number of aromatic nitrogens is 4. The van der Waals surface area contributed by atoms with Crippen molar-refractivity contribution >= 4 is 22.6 Å². The number of methoxy groups -OCH3 is 1. The van der Waals surface area contributed by atoms with E-state index in [0.717, 1.165) is 40.5 Å². The van der Waals surface area contributed by atoms with E-state index in [1.807, 2.05) is 47.4 Å². The fourth-order valence-electron chi connectivity index (χ4n) is 3.65. The molecule has 1 amide bonds. The summed E-state index contributed by atoms with van der Waals surface area (Å²) < 4.78 is 6.97. The van der Waals surface area contributed by atoms with Crippen molar-refractivity contribution in [3.63, 3.8) is 0 Å². The number of nitrogen functional groups attached to an aromatic ring is 1. The number of carbonyl (C=O) groups is 1. The van der Waals surface area contributed by atoms with Crippen molar-refractivity contribution in [3.8, 4) is 22.3 Å². The Hall–Kier alpha value is -3.78. The van der Waals surface area contributed by atoms with Crippen molar-refractivity contribution in [2.75, 3.05) is 19.5 Å². The minimum Gasteiger partial charge on any atom is -0.383 e. The highest BCUT2D eigenvalue weighted by Gasteiger charge is 2.24. The Morgan fingerprint density at radius 3 is 2.66 bits per heavy atom. The van der Waals surface area contributed by atoms with Crippen LogP contribution in [0.3, 0.4) is 0 Å². The molecule has 0 bridgehead atoms. The van der Waals surface area contributed by atoms with E-state index in [0.29, 0.717) is 30.0 Å². The van der Waals surface area contributed by atoms with Gasteiger partial charge in [0.15, 0.2) is 0 Å². The number of anilines is 1. The number of amides is 1. The molecule has 32 heavy (non-hydrogen) atoms. The van der Waals surface area contributed by atoms with E-state index < -0.39 is 0 Å². The molecular formula is C24H24N6O2. The van der Waals surface area contributed by atoms with Gasteiger partial charge in [-0.25, -0.2) is 4.98 Å². The van der Waals surface area contributed by atoms with Gasteiger partial charge in [0.25, 0.3) is 5.91 Å². The molecule has 5 rings (SSSR count). The zero-order valence-corrected chi connectivity index (χ0v) is 17.8. The number of pyridine rings is 2. The largest absolute Gasteiger partial charge is 0.383 e. The highest BCUT2D eigenvalue weighted by molar-refractivity contribution is 6.04. The van der Waals surface area contributed by atoms with Crippen LogP contribution in [0.25, 0.3) is 33.2 Å². The van der Waals surface area contributed by atoms with E-state index in [2.05, 4.69) is 20.4 Å². The number of hydrogen-bond acceptors (Lipinski definition) is 6. The molecule has 162 valence electrons. The molecule has 1 aromatic carbocycles. The summed E-state index contributed by atoms with van der Waals surface area (Å²) in [5.74, 6) is 0.238. The summed E-state index contributed by atoms with van der Waals surface area (Å²) in [6.45, 7) is 1.33. The van der Waals surface area contributed by atoms with Crippen molar-refractivity contribution in [2.45, 2.75) is 25.4 Å². The second-order valence-corrected chi connectivity index (χ2v) is 7.99. The highest BCUT2D eigenvalue weighted by atomic mass is 16.5. The molecule has 0 saturated heterocycles. The average Bonchev–Trinajstić information content (AvgIpc) is 3.51. The third-order valence-corrected chi connectivity index (χ3v) is 5.61. The molecule has 1 fully saturated rings. The number of benzene rings is 1. The van der Waals surface area contributed by atoms with Crippen LogP contribution in [0.1, 0.15) is 23.2 Å². The Bertz CT molecular complexity index is 1280. The fourth-order valence-corrected chi connectivity index (χ4v) is 3.65. The Balaban J connectivity index is 1.47. The molecule has 1 aliphatic rings. The molecule has 3 aromatic heterocycles. The number of nitrogens with two attached hydrogens (primary N) is 1. The summed E-state index contributed by atoms with van der Waals surface area (Å²) in [7, 11) is 1.68. The average molecular weight is 428 g/mol. The molecule has 0 radical (unpaired) electrons. The van der Waals surface area contributed by atoms with Crippen LogP contribution in [0.4, 0.5) is 5.82 Å². The topological polar surface area (TPSA) is 108 Å². The number of carbonyl (C=O) groups excluding carboxylic acids is 1. The zero-order chi connectivity index (χ0) is 22.1. The van der Waals surface area contributed by atoms with Gasteiger partial charge in [0, 0.05) is 48.3 Å². The first-order chi connectivity index (χ1) is 15.6. The normalized spacial score (nSPS) is 13.4. The van der Waals surface area contributed by atoms with Gasteiger partial charge >= 0.3 is 0 Å². The number of rotatable bonds is 7. The van der Waals surface area contributed by atoms with Crippen LogP contribution in [0.2, 0.25) is 0 Å². The van der Waals surface area contributed by atoms with Crippen LogP contribution in [0, 0.1) is 0 Å². The van der Waals surface area contributed by atoms with Crippen molar-refractivity contribution in [3.05, 3.63) is 60.7 Å². The van der Waals surface area contributed by atoms with Crippen molar-refractivity contribution in [1.82, 2.24) is 25.1 Å². The van der Waals surface area contributed by atoms with E-state index >= 15 is 0 Å². The summed E-state index contributed by atoms with van der Waals surface area (Å²) in [5.41, 5.74) is 11.1. The van der Waals surface area contributed by atoms with Crippen LogP contribution < -0.4 is 11.1 Å². The molecule has 1 saturated carbocycles. The summed E-state index contributed by atoms with van der Waals surface area (Å²) in [6, 6.07) is 10.3. The molecule has 8 nitrogen and oxygen atoms in total. The highest BCUT2D eigenvalue weighted by Crippen LogP contribution is 2.32. The summed E-state index contributed by atoms with van der Waals surface area (Å²) in [6.07, 6.45) is 9.22. The van der Waals surface area contributed by atoms with E-state index in [4.69, 9.17) is 10.5 Å². The Morgan fingerprint density at radius 1 is 1.12 bits per heavy atom. The molecule has 0 aliphatic heterocycles. The lowest BCUT2D eigenvalue weighted by atomic mass is 9.99. The lowest BCUT2D eigenvalue weighted by Crippen LogP contribution is -2.25. The molecule has 0 spiro atoms. The van der Waals surface area contributed by atoms with Crippen LogP contribution in [-0.2, 0) is 11.3 Å². The van der Waals surface area contributed by atoms with Crippen LogP contribution in [0.15, 0.2) is 55.1 Å². The second-order valence-electron chi connectivity index (χ2n) is 7.99. The Labute approximate surface area is 185 Å². The molecule has 3 heterocycles. The van der Waals surface area contributed by atoms with Gasteiger partial charge in [-0.1, -0.05) is 24.3 Å². The second kappa shape index (κ2) is 8.39. The fraction of sp³-hybridized carbons (Fsp3) is 0.250. The van der Waals surface area contributed by atoms with Gasteiger partial charge in [0.1, 0.15) is 11.3 Å². The maximum Gasteiger partial charge on any atom is 0.253 e. The molecule has 0 atom stereocenters. The Kier molecular flexibility index (Phi) is 5.28. The number of hydrogen-bond donors (Lipinski definition) is 2.